The summed E-state index contributed by atoms with van der Waals surface area (Å²) >= 11 is 6.03. The zero-order chi connectivity index (χ0) is 13.0. The first-order chi connectivity index (χ1) is 8.66. The minimum Gasteiger partial charge on any atom is -0.367 e. The molecule has 1 fully saturated rings. The van der Waals surface area contributed by atoms with Crippen molar-refractivity contribution in [1.29, 1.82) is 0 Å². The third-order valence-corrected chi connectivity index (χ3v) is 3.83. The average Bonchev–Trinajstić information content (AvgIpc) is 2.38. The first kappa shape index (κ1) is 13.1. The van der Waals surface area contributed by atoms with Crippen LogP contribution in [-0.4, -0.2) is 22.8 Å². The number of carbonyl (C=O) groups is 1. The highest BCUT2D eigenvalue weighted by molar-refractivity contribution is 6.20. The summed E-state index contributed by atoms with van der Waals surface area (Å²) in [6, 6.07) is 1.35. The van der Waals surface area contributed by atoms with Gasteiger partial charge in [0.1, 0.15) is 5.56 Å². The van der Waals surface area contributed by atoms with Crippen molar-refractivity contribution in [2.45, 2.75) is 31.1 Å². The van der Waals surface area contributed by atoms with Crippen molar-refractivity contribution in [3.63, 3.8) is 0 Å². The van der Waals surface area contributed by atoms with Gasteiger partial charge in [0.2, 0.25) is 0 Å². The predicted molar refractivity (Wildman–Crippen MR) is 71.0 cm³/mol. The Morgan fingerprint density at radius 2 is 2.11 bits per heavy atom. The van der Waals surface area contributed by atoms with Gasteiger partial charge in [-0.15, -0.1) is 11.6 Å². The lowest BCUT2D eigenvalue weighted by Crippen LogP contribution is -2.33. The number of pyridine rings is 1. The van der Waals surface area contributed by atoms with E-state index >= 15 is 0 Å². The van der Waals surface area contributed by atoms with Crippen LogP contribution in [-0.2, 0) is 0 Å². The molecule has 4 nitrogen and oxygen atoms in total. The molecular weight excluding hydrogens is 252 g/mol. The van der Waals surface area contributed by atoms with Crippen LogP contribution in [0.2, 0.25) is 0 Å². The van der Waals surface area contributed by atoms with E-state index < -0.39 is 0 Å². The smallest absolute Gasteiger partial charge is 0.256 e. The molecular formula is C13H17ClN2O2. The molecule has 1 aliphatic rings. The van der Waals surface area contributed by atoms with E-state index in [2.05, 4.69) is 10.3 Å². The van der Waals surface area contributed by atoms with Crippen LogP contribution in [0, 0.1) is 5.92 Å². The zero-order valence-corrected chi connectivity index (χ0v) is 10.9. The molecule has 0 aromatic carbocycles. The molecule has 1 amide bonds. The molecule has 18 heavy (non-hydrogen) atoms. The summed E-state index contributed by atoms with van der Waals surface area (Å²) in [5, 5.41) is 3.11. The second-order valence-electron chi connectivity index (χ2n) is 4.75. The summed E-state index contributed by atoms with van der Waals surface area (Å²) in [5.74, 6) is 0.177. The molecule has 1 aromatic rings. The molecule has 1 saturated carbocycles. The fourth-order valence-electron chi connectivity index (χ4n) is 2.25. The summed E-state index contributed by atoms with van der Waals surface area (Å²) in [4.78, 5) is 26.0. The van der Waals surface area contributed by atoms with Gasteiger partial charge >= 0.3 is 0 Å². The Balaban J connectivity index is 1.86. The zero-order valence-electron chi connectivity index (χ0n) is 10.1. The number of amides is 1. The summed E-state index contributed by atoms with van der Waals surface area (Å²) in [7, 11) is 0. The largest absolute Gasteiger partial charge is 0.367 e. The molecule has 98 valence electrons. The van der Waals surface area contributed by atoms with Crippen LogP contribution in [0.15, 0.2) is 23.3 Å². The molecule has 2 N–H and O–H groups in total. The van der Waals surface area contributed by atoms with Crippen molar-refractivity contribution < 1.29 is 4.79 Å². The number of hydrogen-bond acceptors (Lipinski definition) is 2. The van der Waals surface area contributed by atoms with Gasteiger partial charge in [-0.2, -0.15) is 0 Å². The van der Waals surface area contributed by atoms with E-state index in [0.717, 1.165) is 25.7 Å². The minimum atomic E-state index is -0.301. The Bertz CT molecular complexity index is 464. The maximum Gasteiger partial charge on any atom is 0.256 e. The van der Waals surface area contributed by atoms with Gasteiger partial charge in [0.05, 0.1) is 0 Å². The summed E-state index contributed by atoms with van der Waals surface area (Å²) in [5.41, 5.74) is -0.0840. The van der Waals surface area contributed by atoms with Crippen LogP contribution < -0.4 is 10.7 Å². The average molecular weight is 269 g/mol. The van der Waals surface area contributed by atoms with Crippen molar-refractivity contribution in [2.24, 2.45) is 5.92 Å². The van der Waals surface area contributed by atoms with E-state index in [1.54, 1.807) is 0 Å². The van der Waals surface area contributed by atoms with Gasteiger partial charge in [-0.25, -0.2) is 0 Å². The summed E-state index contributed by atoms with van der Waals surface area (Å²) in [6.45, 7) is 0.622. The number of rotatable bonds is 3. The number of hydrogen-bond donors (Lipinski definition) is 2. The molecule has 0 radical (unpaired) electrons. The summed E-state index contributed by atoms with van der Waals surface area (Å²) in [6.07, 6.45) is 7.05. The van der Waals surface area contributed by atoms with E-state index in [4.69, 9.17) is 11.6 Å². The first-order valence-electron chi connectivity index (χ1n) is 6.26. The SMILES string of the molecule is O=C(NCC1CCC(Cl)CC1)c1c[nH]ccc1=O. The second-order valence-corrected chi connectivity index (χ2v) is 5.37. The highest BCUT2D eigenvalue weighted by Crippen LogP contribution is 2.26. The van der Waals surface area contributed by atoms with Crippen LogP contribution in [0.3, 0.4) is 0 Å². The molecule has 1 aliphatic carbocycles. The van der Waals surface area contributed by atoms with Gasteiger partial charge in [-0.3, -0.25) is 9.59 Å². The van der Waals surface area contributed by atoms with Crippen LogP contribution in [0.1, 0.15) is 36.0 Å². The summed E-state index contributed by atoms with van der Waals surface area (Å²) < 4.78 is 0. The number of aromatic amines is 1. The highest BCUT2D eigenvalue weighted by Gasteiger charge is 2.20. The highest BCUT2D eigenvalue weighted by atomic mass is 35.5. The van der Waals surface area contributed by atoms with Crippen LogP contribution in [0.5, 0.6) is 0 Å². The lowest BCUT2D eigenvalue weighted by molar-refractivity contribution is 0.0942. The Labute approximate surface area is 111 Å². The van der Waals surface area contributed by atoms with Crippen molar-refractivity contribution in [3.8, 4) is 0 Å². The normalized spacial score (nSPS) is 23.6. The number of carbonyl (C=O) groups excluding carboxylic acids is 1. The Hall–Kier alpha value is -1.29. The minimum absolute atomic E-state index is 0.170. The fraction of sp³-hybridized carbons (Fsp3) is 0.538. The van der Waals surface area contributed by atoms with Gasteiger partial charge < -0.3 is 10.3 Å². The fourth-order valence-corrected chi connectivity index (χ4v) is 2.50. The van der Waals surface area contributed by atoms with Gasteiger partial charge in [0.15, 0.2) is 5.43 Å². The lowest BCUT2D eigenvalue weighted by atomic mass is 9.89. The first-order valence-corrected chi connectivity index (χ1v) is 6.70. The van der Waals surface area contributed by atoms with Gasteiger partial charge in [0, 0.05) is 30.4 Å². The number of halogens is 1. The molecule has 0 atom stereocenters. The standard InChI is InChI=1S/C13H17ClN2O2/c14-10-3-1-9(2-4-10)7-16-13(18)11-8-15-6-5-12(11)17/h5-6,8-10H,1-4,7H2,(H,15,17)(H,16,18). The van der Waals surface area contributed by atoms with E-state index in [1.165, 1.54) is 18.5 Å². The van der Waals surface area contributed by atoms with Crippen molar-refractivity contribution >= 4 is 17.5 Å². The van der Waals surface area contributed by atoms with Gasteiger partial charge in [0.25, 0.3) is 5.91 Å². The number of nitrogens with one attached hydrogen (secondary N) is 2. The third-order valence-electron chi connectivity index (χ3n) is 3.40. The molecule has 0 unspecified atom stereocenters. The van der Waals surface area contributed by atoms with Crippen molar-refractivity contribution in [3.05, 3.63) is 34.2 Å². The molecule has 2 rings (SSSR count). The topological polar surface area (TPSA) is 62.0 Å². The quantitative estimate of drug-likeness (QED) is 0.823. The Morgan fingerprint density at radius 3 is 2.78 bits per heavy atom. The molecule has 0 saturated heterocycles. The molecule has 0 bridgehead atoms. The van der Waals surface area contributed by atoms with Crippen LogP contribution in [0.4, 0.5) is 0 Å². The van der Waals surface area contributed by atoms with Crippen LogP contribution in [0.25, 0.3) is 0 Å². The number of aromatic nitrogens is 1. The van der Waals surface area contributed by atoms with Gasteiger partial charge in [-0.05, 0) is 31.6 Å². The molecule has 5 heteroatoms. The van der Waals surface area contributed by atoms with Gasteiger partial charge in [-0.1, -0.05) is 0 Å². The van der Waals surface area contributed by atoms with E-state index in [-0.39, 0.29) is 22.3 Å². The van der Waals surface area contributed by atoms with Crippen molar-refractivity contribution in [1.82, 2.24) is 10.3 Å². The third kappa shape index (κ3) is 3.35. The van der Waals surface area contributed by atoms with E-state index in [1.807, 2.05) is 0 Å². The monoisotopic (exact) mass is 268 g/mol. The predicted octanol–water partition coefficient (Wildman–Crippen LogP) is 1.90. The molecule has 1 heterocycles. The Kier molecular flexibility index (Phi) is 4.42. The van der Waals surface area contributed by atoms with Crippen molar-refractivity contribution in [2.75, 3.05) is 6.54 Å². The molecule has 0 aliphatic heterocycles. The lowest BCUT2D eigenvalue weighted by Gasteiger charge is -2.24. The molecule has 1 aromatic heterocycles. The number of H-pyrrole nitrogens is 1. The molecule has 0 spiro atoms. The van der Waals surface area contributed by atoms with E-state index in [0.29, 0.717) is 12.5 Å². The second kappa shape index (κ2) is 6.05. The maximum absolute atomic E-state index is 11.8. The van der Waals surface area contributed by atoms with E-state index in [9.17, 15) is 9.59 Å². The van der Waals surface area contributed by atoms with Crippen LogP contribution >= 0.6 is 11.6 Å². The number of alkyl halides is 1. The maximum atomic E-state index is 11.8. The Morgan fingerprint density at radius 1 is 1.39 bits per heavy atom.